The molecular weight excluding hydrogens is 254 g/mol. The van der Waals surface area contributed by atoms with Crippen LogP contribution in [0.1, 0.15) is 20.0 Å². The van der Waals surface area contributed by atoms with Crippen LogP contribution in [0.25, 0.3) is 21.8 Å². The van der Waals surface area contributed by atoms with Crippen LogP contribution in [0.5, 0.6) is 0 Å². The van der Waals surface area contributed by atoms with Crippen LogP contribution in [0.2, 0.25) is 0 Å². The third kappa shape index (κ3) is 1.75. The van der Waals surface area contributed by atoms with Gasteiger partial charge >= 0.3 is 0 Å². The van der Waals surface area contributed by atoms with E-state index in [2.05, 4.69) is 4.98 Å². The number of aromatic nitrogens is 2. The zero-order valence-corrected chi connectivity index (χ0v) is 11.3. The first-order valence-electron chi connectivity index (χ1n) is 6.42. The predicted molar refractivity (Wildman–Crippen MR) is 76.3 cm³/mol. The molecule has 0 bridgehead atoms. The van der Waals surface area contributed by atoms with Crippen LogP contribution in [-0.4, -0.2) is 25.7 Å². The molecule has 5 heteroatoms. The van der Waals surface area contributed by atoms with Crippen molar-refractivity contribution in [3.05, 3.63) is 42.7 Å². The fourth-order valence-corrected chi connectivity index (χ4v) is 2.62. The summed E-state index contributed by atoms with van der Waals surface area (Å²) in [5.74, 6) is -0.396. The average molecular weight is 269 g/mol. The second kappa shape index (κ2) is 4.61. The molecule has 2 heterocycles. The van der Waals surface area contributed by atoms with Crippen molar-refractivity contribution in [1.29, 1.82) is 0 Å². The van der Waals surface area contributed by atoms with Crippen LogP contribution in [0.4, 0.5) is 0 Å². The number of hydroxylamine groups is 2. The highest BCUT2D eigenvalue weighted by Crippen LogP contribution is 2.31. The molecule has 0 radical (unpaired) electrons. The molecule has 0 saturated carbocycles. The molecule has 1 aromatic carbocycles. The van der Waals surface area contributed by atoms with Crippen LogP contribution >= 0.6 is 0 Å². The maximum absolute atomic E-state index is 11.4. The highest BCUT2D eigenvalue weighted by atomic mass is 16.5. The predicted octanol–water partition coefficient (Wildman–Crippen LogP) is 2.95. The fourth-order valence-electron chi connectivity index (χ4n) is 2.62. The maximum Gasteiger partial charge on any atom is 0.244 e. The van der Waals surface area contributed by atoms with Gasteiger partial charge in [-0.2, -0.15) is 0 Å². The lowest BCUT2D eigenvalue weighted by Crippen LogP contribution is -2.31. The molecule has 102 valence electrons. The highest BCUT2D eigenvalue weighted by Gasteiger charge is 2.20. The highest BCUT2D eigenvalue weighted by molar-refractivity contribution is 6.07. The Hall–Kier alpha value is -2.40. The van der Waals surface area contributed by atoms with E-state index in [0.717, 1.165) is 26.9 Å². The summed E-state index contributed by atoms with van der Waals surface area (Å²) in [5.41, 5.74) is 1.85. The Kier molecular flexibility index (Phi) is 2.91. The summed E-state index contributed by atoms with van der Waals surface area (Å²) in [6.45, 7) is 3.11. The zero-order chi connectivity index (χ0) is 14.3. The molecule has 1 N–H and O–H groups in total. The Morgan fingerprint density at radius 2 is 1.95 bits per heavy atom. The van der Waals surface area contributed by atoms with Gasteiger partial charge in [-0.25, -0.2) is 5.06 Å². The molecule has 3 aromatic rings. The number of nitrogens with zero attached hydrogens (tertiary/aromatic N) is 3. The van der Waals surface area contributed by atoms with E-state index in [1.165, 1.54) is 6.92 Å². The van der Waals surface area contributed by atoms with Crippen molar-refractivity contribution >= 4 is 27.7 Å². The number of carbonyl (C=O) groups excluding carboxylic acids is 1. The van der Waals surface area contributed by atoms with Gasteiger partial charge in [-0.15, -0.1) is 0 Å². The van der Waals surface area contributed by atoms with E-state index in [1.807, 2.05) is 34.9 Å². The summed E-state index contributed by atoms with van der Waals surface area (Å²) in [6, 6.07) is 9.85. The summed E-state index contributed by atoms with van der Waals surface area (Å²) in [7, 11) is 0. The van der Waals surface area contributed by atoms with Crippen LogP contribution in [0.15, 0.2) is 42.7 Å². The second-order valence-corrected chi connectivity index (χ2v) is 4.78. The second-order valence-electron chi connectivity index (χ2n) is 4.78. The lowest BCUT2D eigenvalue weighted by Gasteiger charge is -2.24. The van der Waals surface area contributed by atoms with E-state index in [1.54, 1.807) is 19.3 Å². The maximum atomic E-state index is 11.4. The Bertz CT molecular complexity index is 741. The molecule has 20 heavy (non-hydrogen) atoms. The first-order valence-corrected chi connectivity index (χ1v) is 6.42. The zero-order valence-electron chi connectivity index (χ0n) is 11.3. The molecular formula is C15H15N3O2. The van der Waals surface area contributed by atoms with Gasteiger partial charge in [0.15, 0.2) is 0 Å². The van der Waals surface area contributed by atoms with Gasteiger partial charge in [0.25, 0.3) is 0 Å². The number of fused-ring (bicyclic) bond motifs is 3. The third-order valence-corrected chi connectivity index (χ3v) is 3.56. The van der Waals surface area contributed by atoms with Gasteiger partial charge < -0.3 is 4.57 Å². The molecule has 2 aromatic heterocycles. The number of rotatable bonds is 2. The number of hydrogen-bond donors (Lipinski definition) is 1. The molecule has 0 aliphatic rings. The van der Waals surface area contributed by atoms with Crippen molar-refractivity contribution in [2.45, 2.75) is 20.0 Å². The summed E-state index contributed by atoms with van der Waals surface area (Å²) < 4.78 is 1.92. The summed E-state index contributed by atoms with van der Waals surface area (Å²) in [6.07, 6.45) is 2.99. The average Bonchev–Trinajstić information content (AvgIpc) is 2.80. The minimum atomic E-state index is -0.501. The summed E-state index contributed by atoms with van der Waals surface area (Å²) in [5, 5.41) is 12.8. The van der Waals surface area contributed by atoms with Crippen LogP contribution < -0.4 is 0 Å². The number of hydrogen-bond acceptors (Lipinski definition) is 3. The normalized spacial score (nSPS) is 12.8. The monoisotopic (exact) mass is 269 g/mol. The lowest BCUT2D eigenvalue weighted by atomic mass is 10.2. The Balaban J connectivity index is 2.34. The number of carbonyl (C=O) groups is 1. The van der Waals surface area contributed by atoms with E-state index in [0.29, 0.717) is 0 Å². The van der Waals surface area contributed by atoms with Gasteiger partial charge in [0, 0.05) is 23.9 Å². The molecule has 0 aliphatic heterocycles. The molecule has 0 aliphatic carbocycles. The molecule has 1 amide bonds. The Morgan fingerprint density at radius 1 is 1.25 bits per heavy atom. The van der Waals surface area contributed by atoms with Gasteiger partial charge in [-0.1, -0.05) is 18.2 Å². The van der Waals surface area contributed by atoms with Gasteiger partial charge in [-0.05, 0) is 19.1 Å². The minimum absolute atomic E-state index is 0.396. The first-order chi connectivity index (χ1) is 9.61. The molecule has 3 rings (SSSR count). The Morgan fingerprint density at radius 3 is 2.70 bits per heavy atom. The van der Waals surface area contributed by atoms with Gasteiger partial charge in [-0.3, -0.25) is 15.0 Å². The minimum Gasteiger partial charge on any atom is -0.316 e. The SMILES string of the molecule is CC(=O)N(O)C(C)n1c2ccccc2c2ccncc21. The lowest BCUT2D eigenvalue weighted by molar-refractivity contribution is -0.179. The fraction of sp³-hybridized carbons (Fsp3) is 0.200. The van der Waals surface area contributed by atoms with E-state index >= 15 is 0 Å². The van der Waals surface area contributed by atoms with E-state index in [-0.39, 0.29) is 0 Å². The van der Waals surface area contributed by atoms with Gasteiger partial charge in [0.2, 0.25) is 5.91 Å². The summed E-state index contributed by atoms with van der Waals surface area (Å²) in [4.78, 5) is 15.5. The molecule has 0 fully saturated rings. The third-order valence-electron chi connectivity index (χ3n) is 3.56. The van der Waals surface area contributed by atoms with Crippen molar-refractivity contribution in [3.63, 3.8) is 0 Å². The smallest absolute Gasteiger partial charge is 0.244 e. The Labute approximate surface area is 116 Å². The summed E-state index contributed by atoms with van der Waals surface area (Å²) >= 11 is 0. The van der Waals surface area contributed by atoms with Gasteiger partial charge in [0.1, 0.15) is 6.17 Å². The molecule has 0 saturated heterocycles. The van der Waals surface area contributed by atoms with E-state index in [9.17, 15) is 10.0 Å². The van der Waals surface area contributed by atoms with Crippen molar-refractivity contribution in [2.24, 2.45) is 0 Å². The standard InChI is InChI=1S/C15H15N3O2/c1-10(18(20)11(2)19)17-14-6-4-3-5-12(14)13-7-8-16-9-15(13)17/h3-10,20H,1-2H3. The molecule has 1 atom stereocenters. The topological polar surface area (TPSA) is 58.4 Å². The van der Waals surface area contributed by atoms with Crippen molar-refractivity contribution in [3.8, 4) is 0 Å². The molecule has 5 nitrogen and oxygen atoms in total. The van der Waals surface area contributed by atoms with E-state index in [4.69, 9.17) is 0 Å². The molecule has 0 spiro atoms. The van der Waals surface area contributed by atoms with Crippen molar-refractivity contribution in [2.75, 3.05) is 0 Å². The van der Waals surface area contributed by atoms with Crippen LogP contribution in [0.3, 0.4) is 0 Å². The number of pyridine rings is 1. The quantitative estimate of drug-likeness (QED) is 0.575. The van der Waals surface area contributed by atoms with Crippen molar-refractivity contribution < 1.29 is 10.0 Å². The molecule has 1 unspecified atom stereocenters. The number of amides is 1. The number of para-hydroxylation sites is 1. The van der Waals surface area contributed by atoms with Crippen molar-refractivity contribution in [1.82, 2.24) is 14.6 Å². The van der Waals surface area contributed by atoms with Gasteiger partial charge in [0.05, 0.1) is 17.2 Å². The first kappa shape index (κ1) is 12.6. The largest absolute Gasteiger partial charge is 0.316 e. The van der Waals surface area contributed by atoms with Crippen LogP contribution in [-0.2, 0) is 4.79 Å². The number of benzene rings is 1. The van der Waals surface area contributed by atoms with E-state index < -0.39 is 12.1 Å². The van der Waals surface area contributed by atoms with Crippen LogP contribution in [0, 0.1) is 0 Å².